The average molecular weight is 287 g/mol. The van der Waals surface area contributed by atoms with E-state index in [1.807, 2.05) is 30.3 Å². The van der Waals surface area contributed by atoms with Crippen molar-refractivity contribution in [1.82, 2.24) is 15.5 Å². The molecule has 2 fully saturated rings. The maximum Gasteiger partial charge on any atom is 0.324 e. The molecule has 0 saturated carbocycles. The largest absolute Gasteiger partial charge is 0.324 e. The molecule has 3 rings (SSSR count). The van der Waals surface area contributed by atoms with Gasteiger partial charge in [0.15, 0.2) is 0 Å². The Kier molecular flexibility index (Phi) is 3.68. The van der Waals surface area contributed by atoms with Gasteiger partial charge in [0.05, 0.1) is 0 Å². The lowest BCUT2D eigenvalue weighted by Gasteiger charge is -2.37. The van der Waals surface area contributed by atoms with Crippen LogP contribution < -0.4 is 10.6 Å². The molecule has 0 aliphatic carbocycles. The third kappa shape index (κ3) is 2.42. The quantitative estimate of drug-likeness (QED) is 0.820. The van der Waals surface area contributed by atoms with Crippen molar-refractivity contribution in [2.45, 2.75) is 24.8 Å². The molecule has 2 saturated heterocycles. The van der Waals surface area contributed by atoms with Crippen molar-refractivity contribution < 1.29 is 9.59 Å². The molecule has 1 aromatic carbocycles. The van der Waals surface area contributed by atoms with E-state index < -0.39 is 5.54 Å². The number of hydrogen-bond acceptors (Lipinski definition) is 3. The second-order valence-electron chi connectivity index (χ2n) is 5.95. The van der Waals surface area contributed by atoms with E-state index in [0.29, 0.717) is 6.42 Å². The highest BCUT2D eigenvalue weighted by molar-refractivity contribution is 6.07. The van der Waals surface area contributed by atoms with Gasteiger partial charge in [-0.2, -0.15) is 0 Å². The van der Waals surface area contributed by atoms with Crippen molar-refractivity contribution in [2.75, 3.05) is 20.1 Å². The Labute approximate surface area is 124 Å². The average Bonchev–Trinajstić information content (AvgIpc) is 2.74. The molecule has 5 heteroatoms. The van der Waals surface area contributed by atoms with Gasteiger partial charge >= 0.3 is 6.03 Å². The van der Waals surface area contributed by atoms with E-state index in [4.69, 9.17) is 0 Å². The fraction of sp³-hybridized carbons (Fsp3) is 0.500. The van der Waals surface area contributed by atoms with Crippen LogP contribution in [0.1, 0.15) is 18.4 Å². The SMILES string of the molecule is CN1C(=O)N[C@](Cc2ccccc2)(C2CCNCC2)C1=O. The zero-order valence-electron chi connectivity index (χ0n) is 12.3. The van der Waals surface area contributed by atoms with Gasteiger partial charge in [0, 0.05) is 13.5 Å². The van der Waals surface area contributed by atoms with Crippen LogP contribution in [-0.4, -0.2) is 42.5 Å². The summed E-state index contributed by atoms with van der Waals surface area (Å²) in [5.74, 6) is 0.0867. The monoisotopic (exact) mass is 287 g/mol. The van der Waals surface area contributed by atoms with Gasteiger partial charge in [-0.05, 0) is 37.4 Å². The second kappa shape index (κ2) is 5.48. The Hall–Kier alpha value is -1.88. The number of nitrogens with zero attached hydrogens (tertiary/aromatic N) is 1. The molecule has 2 aliphatic heterocycles. The number of hydrogen-bond donors (Lipinski definition) is 2. The number of amides is 3. The van der Waals surface area contributed by atoms with Gasteiger partial charge in [0.2, 0.25) is 0 Å². The molecule has 1 aromatic rings. The molecule has 21 heavy (non-hydrogen) atoms. The summed E-state index contributed by atoms with van der Waals surface area (Å²) in [4.78, 5) is 26.0. The van der Waals surface area contributed by atoms with Crippen LogP contribution >= 0.6 is 0 Å². The van der Waals surface area contributed by atoms with Gasteiger partial charge < -0.3 is 10.6 Å². The van der Waals surface area contributed by atoms with Gasteiger partial charge in [-0.15, -0.1) is 0 Å². The van der Waals surface area contributed by atoms with Crippen molar-refractivity contribution in [3.63, 3.8) is 0 Å². The van der Waals surface area contributed by atoms with Gasteiger partial charge in [-0.1, -0.05) is 30.3 Å². The highest BCUT2D eigenvalue weighted by Gasteiger charge is 2.54. The van der Waals surface area contributed by atoms with Crippen molar-refractivity contribution in [1.29, 1.82) is 0 Å². The number of imide groups is 1. The third-order valence-electron chi connectivity index (χ3n) is 4.68. The number of rotatable bonds is 3. The van der Waals surface area contributed by atoms with E-state index in [1.165, 1.54) is 4.90 Å². The van der Waals surface area contributed by atoms with Gasteiger partial charge in [-0.25, -0.2) is 4.79 Å². The fourth-order valence-electron chi connectivity index (χ4n) is 3.49. The summed E-state index contributed by atoms with van der Waals surface area (Å²) >= 11 is 0. The first-order valence-electron chi connectivity index (χ1n) is 7.48. The zero-order chi connectivity index (χ0) is 14.9. The van der Waals surface area contributed by atoms with E-state index in [0.717, 1.165) is 31.5 Å². The molecular formula is C16H21N3O2. The van der Waals surface area contributed by atoms with Gasteiger partial charge in [0.25, 0.3) is 5.91 Å². The van der Waals surface area contributed by atoms with Crippen LogP contribution in [-0.2, 0) is 11.2 Å². The van der Waals surface area contributed by atoms with E-state index in [9.17, 15) is 9.59 Å². The molecule has 5 nitrogen and oxygen atoms in total. The molecule has 2 N–H and O–H groups in total. The topological polar surface area (TPSA) is 61.4 Å². The lowest BCUT2D eigenvalue weighted by molar-refractivity contribution is -0.132. The summed E-state index contributed by atoms with van der Waals surface area (Å²) in [5.41, 5.74) is 0.301. The summed E-state index contributed by atoms with van der Waals surface area (Å²) < 4.78 is 0. The Morgan fingerprint density at radius 2 is 1.86 bits per heavy atom. The fourth-order valence-corrected chi connectivity index (χ4v) is 3.49. The maximum atomic E-state index is 12.8. The first-order chi connectivity index (χ1) is 10.1. The number of benzene rings is 1. The van der Waals surface area contributed by atoms with Crippen LogP contribution in [0.2, 0.25) is 0 Å². The molecule has 2 aliphatic rings. The Balaban J connectivity index is 1.95. The Morgan fingerprint density at radius 3 is 2.43 bits per heavy atom. The van der Waals surface area contributed by atoms with Crippen molar-refractivity contribution in [2.24, 2.45) is 5.92 Å². The number of piperidine rings is 1. The van der Waals surface area contributed by atoms with Crippen molar-refractivity contribution >= 4 is 11.9 Å². The molecule has 0 radical (unpaired) electrons. The molecule has 0 bridgehead atoms. The molecule has 0 unspecified atom stereocenters. The van der Waals surface area contributed by atoms with E-state index in [-0.39, 0.29) is 17.9 Å². The maximum absolute atomic E-state index is 12.8. The van der Waals surface area contributed by atoms with Crippen LogP contribution in [0, 0.1) is 5.92 Å². The smallest absolute Gasteiger partial charge is 0.322 e. The van der Waals surface area contributed by atoms with E-state index >= 15 is 0 Å². The number of carbonyl (C=O) groups excluding carboxylic acids is 2. The summed E-state index contributed by atoms with van der Waals surface area (Å²) in [6, 6.07) is 9.64. The minimum Gasteiger partial charge on any atom is -0.322 e. The Bertz CT molecular complexity index is 540. The zero-order valence-corrected chi connectivity index (χ0v) is 12.3. The third-order valence-corrected chi connectivity index (χ3v) is 4.68. The van der Waals surface area contributed by atoms with Gasteiger partial charge in [-0.3, -0.25) is 9.69 Å². The lowest BCUT2D eigenvalue weighted by Crippen LogP contribution is -2.57. The summed E-state index contributed by atoms with van der Waals surface area (Å²) in [6.07, 6.45) is 2.38. The van der Waals surface area contributed by atoms with Crippen LogP contribution in [0.5, 0.6) is 0 Å². The first kappa shape index (κ1) is 14.1. The highest BCUT2D eigenvalue weighted by atomic mass is 16.2. The standard InChI is InChI=1S/C16H21N3O2/c1-19-14(20)16(18-15(19)21,13-7-9-17-10-8-13)11-12-5-3-2-4-6-12/h2-6,13,17H,7-11H2,1H3,(H,18,21)/t16-/m1/s1. The predicted octanol–water partition coefficient (Wildman–Crippen LogP) is 1.15. The molecule has 3 amide bonds. The normalized spacial score (nSPS) is 27.0. The summed E-state index contributed by atoms with van der Waals surface area (Å²) in [5, 5.41) is 6.31. The molecular weight excluding hydrogens is 266 g/mol. The number of carbonyl (C=O) groups is 2. The second-order valence-corrected chi connectivity index (χ2v) is 5.95. The van der Waals surface area contributed by atoms with Crippen LogP contribution in [0.25, 0.3) is 0 Å². The molecule has 1 atom stereocenters. The molecule has 2 heterocycles. The molecule has 0 spiro atoms. The summed E-state index contributed by atoms with van der Waals surface area (Å²) in [6.45, 7) is 1.79. The van der Waals surface area contributed by atoms with Crippen LogP contribution in [0.15, 0.2) is 30.3 Å². The Morgan fingerprint density at radius 1 is 1.19 bits per heavy atom. The van der Waals surface area contributed by atoms with Crippen LogP contribution in [0.3, 0.4) is 0 Å². The molecule has 112 valence electrons. The minimum absolute atomic E-state index is 0.0942. The predicted molar refractivity (Wildman–Crippen MR) is 79.8 cm³/mol. The lowest BCUT2D eigenvalue weighted by atomic mass is 9.74. The summed E-state index contributed by atoms with van der Waals surface area (Å²) in [7, 11) is 1.56. The number of nitrogens with one attached hydrogen (secondary N) is 2. The number of likely N-dealkylation sites (N-methyl/N-ethyl adjacent to an activating group) is 1. The molecule has 0 aromatic heterocycles. The van der Waals surface area contributed by atoms with Crippen molar-refractivity contribution in [3.8, 4) is 0 Å². The van der Waals surface area contributed by atoms with E-state index in [1.54, 1.807) is 7.05 Å². The first-order valence-corrected chi connectivity index (χ1v) is 7.48. The van der Waals surface area contributed by atoms with Crippen LogP contribution in [0.4, 0.5) is 4.79 Å². The van der Waals surface area contributed by atoms with E-state index in [2.05, 4.69) is 10.6 Å². The number of urea groups is 1. The highest BCUT2D eigenvalue weighted by Crippen LogP contribution is 2.34. The van der Waals surface area contributed by atoms with Crippen molar-refractivity contribution in [3.05, 3.63) is 35.9 Å². The minimum atomic E-state index is -0.782. The van der Waals surface area contributed by atoms with Gasteiger partial charge in [0.1, 0.15) is 5.54 Å².